The highest BCUT2D eigenvalue weighted by Crippen LogP contribution is 2.22. The minimum atomic E-state index is -0.689. The van der Waals surface area contributed by atoms with E-state index in [0.717, 1.165) is 11.3 Å². The number of benzene rings is 2. The van der Waals surface area contributed by atoms with Gasteiger partial charge in [-0.3, -0.25) is 19.1 Å². The van der Waals surface area contributed by atoms with Crippen molar-refractivity contribution in [1.82, 2.24) is 34.4 Å². The van der Waals surface area contributed by atoms with Gasteiger partial charge in [0.15, 0.2) is 11.5 Å². The minimum Gasteiger partial charge on any atom is -0.381 e. The molecule has 10 nitrogen and oxygen atoms in total. The van der Waals surface area contributed by atoms with Gasteiger partial charge in [0.1, 0.15) is 11.4 Å². The number of pyridine rings is 1. The van der Waals surface area contributed by atoms with Crippen molar-refractivity contribution >= 4 is 28.3 Å². The van der Waals surface area contributed by atoms with E-state index in [2.05, 4.69) is 32.2 Å². The van der Waals surface area contributed by atoms with Crippen molar-refractivity contribution in [3.05, 3.63) is 124 Å². The monoisotopic (exact) mass is 540 g/mol. The molecule has 4 heterocycles. The van der Waals surface area contributed by atoms with Crippen LogP contribution in [-0.2, 0) is 0 Å². The van der Waals surface area contributed by atoms with Gasteiger partial charge in [-0.2, -0.15) is 0 Å². The van der Waals surface area contributed by atoms with E-state index in [9.17, 15) is 9.59 Å². The molecule has 10 heteroatoms. The molecule has 6 aromatic rings. The molecule has 0 fully saturated rings. The molecule has 6 rings (SSSR count). The number of amides is 1. The van der Waals surface area contributed by atoms with Crippen LogP contribution < -0.4 is 16.6 Å². The molecule has 0 aliphatic heterocycles. The molecule has 0 bridgehead atoms. The zero-order valence-corrected chi connectivity index (χ0v) is 22.2. The number of hydrogen-bond donors (Lipinski definition) is 2. The molecular formula is C31H24N8O2. The van der Waals surface area contributed by atoms with E-state index in [1.165, 1.54) is 9.08 Å². The number of fused-ring (bicyclic) bond motifs is 2. The highest BCUT2D eigenvalue weighted by Gasteiger charge is 2.24. The van der Waals surface area contributed by atoms with Crippen molar-refractivity contribution in [2.45, 2.75) is 19.9 Å². The van der Waals surface area contributed by atoms with E-state index in [1.807, 2.05) is 49.4 Å². The van der Waals surface area contributed by atoms with Gasteiger partial charge in [0.2, 0.25) is 0 Å². The van der Waals surface area contributed by atoms with Crippen molar-refractivity contribution in [2.75, 3.05) is 5.73 Å². The maximum atomic E-state index is 14.2. The molecule has 1 amide bonds. The SMILES string of the molecule is Cc1ncccc1C#Cc1cccc2nc([C@H](C)NC(=O)c3c(N)nn4cccnc34)n(-c3ccccc3)c(=O)c12. The molecule has 0 aliphatic rings. The van der Waals surface area contributed by atoms with E-state index in [0.29, 0.717) is 33.6 Å². The first-order valence-corrected chi connectivity index (χ1v) is 12.9. The fourth-order valence-corrected chi connectivity index (χ4v) is 4.67. The number of nitrogens with one attached hydrogen (secondary N) is 1. The lowest BCUT2D eigenvalue weighted by Crippen LogP contribution is -2.33. The van der Waals surface area contributed by atoms with Crippen molar-refractivity contribution < 1.29 is 4.79 Å². The second-order valence-electron chi connectivity index (χ2n) is 9.38. The van der Waals surface area contributed by atoms with Crippen LogP contribution in [0.25, 0.3) is 22.2 Å². The lowest BCUT2D eigenvalue weighted by Gasteiger charge is -2.20. The maximum absolute atomic E-state index is 14.2. The molecule has 0 unspecified atom stereocenters. The van der Waals surface area contributed by atoms with Crippen LogP contribution in [-0.4, -0.2) is 35.0 Å². The number of nitrogen functional groups attached to an aromatic ring is 1. The first-order valence-electron chi connectivity index (χ1n) is 12.9. The summed E-state index contributed by atoms with van der Waals surface area (Å²) in [6.07, 6.45) is 4.93. The van der Waals surface area contributed by atoms with Gasteiger partial charge in [0.25, 0.3) is 11.5 Å². The average molecular weight is 541 g/mol. The Kier molecular flexibility index (Phi) is 6.45. The number of carbonyl (C=O) groups is 1. The van der Waals surface area contributed by atoms with Crippen LogP contribution >= 0.6 is 0 Å². The molecule has 2 aromatic carbocycles. The zero-order valence-electron chi connectivity index (χ0n) is 22.2. The molecule has 4 aromatic heterocycles. The van der Waals surface area contributed by atoms with Crippen molar-refractivity contribution in [2.24, 2.45) is 0 Å². The van der Waals surface area contributed by atoms with Gasteiger partial charge in [-0.05, 0) is 56.3 Å². The lowest BCUT2D eigenvalue weighted by atomic mass is 10.1. The molecule has 0 saturated carbocycles. The van der Waals surface area contributed by atoms with Gasteiger partial charge >= 0.3 is 0 Å². The maximum Gasteiger partial charge on any atom is 0.267 e. The summed E-state index contributed by atoms with van der Waals surface area (Å²) in [6.45, 7) is 3.64. The third-order valence-corrected chi connectivity index (χ3v) is 6.66. The van der Waals surface area contributed by atoms with Gasteiger partial charge in [0, 0.05) is 29.7 Å². The summed E-state index contributed by atoms with van der Waals surface area (Å²) in [5.41, 5.74) is 9.42. The Bertz CT molecular complexity index is 2070. The van der Waals surface area contributed by atoms with E-state index in [1.54, 1.807) is 49.8 Å². The predicted molar refractivity (Wildman–Crippen MR) is 156 cm³/mol. The zero-order chi connectivity index (χ0) is 28.5. The second-order valence-corrected chi connectivity index (χ2v) is 9.38. The number of rotatable bonds is 4. The molecule has 1 atom stereocenters. The fourth-order valence-electron chi connectivity index (χ4n) is 4.67. The Morgan fingerprint density at radius 1 is 0.951 bits per heavy atom. The van der Waals surface area contributed by atoms with Crippen molar-refractivity contribution in [3.63, 3.8) is 0 Å². The summed E-state index contributed by atoms with van der Waals surface area (Å²) < 4.78 is 2.95. The Balaban J connectivity index is 1.48. The van der Waals surface area contributed by atoms with Crippen LogP contribution in [0.4, 0.5) is 5.82 Å². The van der Waals surface area contributed by atoms with Crippen molar-refractivity contribution in [3.8, 4) is 17.5 Å². The number of anilines is 1. The number of para-hydroxylation sites is 1. The molecule has 0 saturated heterocycles. The van der Waals surface area contributed by atoms with Crippen LogP contribution in [0, 0.1) is 18.8 Å². The van der Waals surface area contributed by atoms with E-state index >= 15 is 0 Å². The highest BCUT2D eigenvalue weighted by molar-refractivity contribution is 6.04. The molecule has 0 radical (unpaired) electrons. The van der Waals surface area contributed by atoms with Crippen LogP contribution in [0.3, 0.4) is 0 Å². The number of carbonyl (C=O) groups excluding carboxylic acids is 1. The lowest BCUT2D eigenvalue weighted by molar-refractivity contribution is 0.0940. The molecule has 0 spiro atoms. The molecule has 200 valence electrons. The Hall–Kier alpha value is -5.82. The third-order valence-electron chi connectivity index (χ3n) is 6.66. The topological polar surface area (TPSA) is 133 Å². The van der Waals surface area contributed by atoms with E-state index in [-0.39, 0.29) is 16.9 Å². The normalized spacial score (nSPS) is 11.7. The largest absolute Gasteiger partial charge is 0.381 e. The number of aromatic nitrogens is 6. The molecule has 0 aliphatic carbocycles. The Morgan fingerprint density at radius 3 is 2.51 bits per heavy atom. The summed E-state index contributed by atoms with van der Waals surface area (Å²) in [4.78, 5) is 41.0. The first kappa shape index (κ1) is 25.5. The minimum absolute atomic E-state index is 0.0485. The first-order chi connectivity index (χ1) is 19.9. The Labute approximate surface area is 234 Å². The van der Waals surface area contributed by atoms with Gasteiger partial charge < -0.3 is 11.1 Å². The summed E-state index contributed by atoms with van der Waals surface area (Å²) in [6, 6.07) is 19.2. The van der Waals surface area contributed by atoms with Gasteiger partial charge in [0.05, 0.1) is 28.3 Å². The third kappa shape index (κ3) is 4.66. The van der Waals surface area contributed by atoms with Gasteiger partial charge in [-0.15, -0.1) is 5.10 Å². The van der Waals surface area contributed by atoms with Gasteiger partial charge in [-0.25, -0.2) is 14.5 Å². The van der Waals surface area contributed by atoms with Crippen LogP contribution in [0.2, 0.25) is 0 Å². The van der Waals surface area contributed by atoms with E-state index in [4.69, 9.17) is 10.7 Å². The smallest absolute Gasteiger partial charge is 0.267 e. The number of hydrogen-bond acceptors (Lipinski definition) is 7. The van der Waals surface area contributed by atoms with Crippen molar-refractivity contribution in [1.29, 1.82) is 0 Å². The van der Waals surface area contributed by atoms with Crippen LogP contribution in [0.1, 0.15) is 46.0 Å². The quantitative estimate of drug-likeness (QED) is 0.326. The summed E-state index contributed by atoms with van der Waals surface area (Å²) in [7, 11) is 0. The number of aryl methyl sites for hydroxylation is 1. The standard InChI is InChI=1S/C31H24N8O2/c1-19-21(10-7-16-33-19)14-15-22-9-6-13-24-25(22)31(41)39(23-11-4-3-5-12-23)28(36-24)20(2)35-30(40)26-27(32)37-38-18-8-17-34-29(26)38/h3-13,16-18,20H,1-2H3,(H2,32,37)(H,35,40)/t20-/m0/s1. The predicted octanol–water partition coefficient (Wildman–Crippen LogP) is 3.60. The van der Waals surface area contributed by atoms with Crippen LogP contribution in [0.15, 0.2) is 90.1 Å². The Morgan fingerprint density at radius 2 is 1.71 bits per heavy atom. The number of nitrogens with two attached hydrogens (primary N) is 1. The average Bonchev–Trinajstić information content (AvgIpc) is 3.32. The number of nitrogens with zero attached hydrogens (tertiary/aromatic N) is 6. The fraction of sp³-hybridized carbons (Fsp3) is 0.0968. The molecular weight excluding hydrogens is 516 g/mol. The summed E-state index contributed by atoms with van der Waals surface area (Å²) in [5.74, 6) is 6.19. The second kappa shape index (κ2) is 10.4. The van der Waals surface area contributed by atoms with Gasteiger partial charge in [-0.1, -0.05) is 36.1 Å². The summed E-state index contributed by atoms with van der Waals surface area (Å²) >= 11 is 0. The van der Waals surface area contributed by atoms with Crippen LogP contribution in [0.5, 0.6) is 0 Å². The molecule has 3 N–H and O–H groups in total. The highest BCUT2D eigenvalue weighted by atomic mass is 16.2. The van der Waals surface area contributed by atoms with E-state index < -0.39 is 11.9 Å². The molecule has 41 heavy (non-hydrogen) atoms. The summed E-state index contributed by atoms with van der Waals surface area (Å²) in [5, 5.41) is 7.48.